The number of likely N-dealkylation sites (N-methyl/N-ethyl adjacent to an activating group) is 1. The molecule has 1 saturated heterocycles. The maximum atomic E-state index is 11.9. The predicted molar refractivity (Wildman–Crippen MR) is 83.5 cm³/mol. The molecule has 116 valence electrons. The Morgan fingerprint density at radius 2 is 2.29 bits per heavy atom. The summed E-state index contributed by atoms with van der Waals surface area (Å²) in [6.45, 7) is 7.25. The van der Waals surface area contributed by atoms with Gasteiger partial charge in [-0.3, -0.25) is 0 Å². The number of pyridine rings is 1. The Kier molecular flexibility index (Phi) is 5.01. The third-order valence-electron chi connectivity index (χ3n) is 3.76. The second-order valence-electron chi connectivity index (χ2n) is 5.51. The maximum Gasteiger partial charge on any atom is 0.340 e. The van der Waals surface area contributed by atoms with E-state index in [1.165, 1.54) is 0 Å². The summed E-state index contributed by atoms with van der Waals surface area (Å²) in [5.41, 5.74) is 6.60. The Hall–Kier alpha value is -1.82. The van der Waals surface area contributed by atoms with Crippen LogP contribution < -0.4 is 10.6 Å². The lowest BCUT2D eigenvalue weighted by Gasteiger charge is -2.29. The van der Waals surface area contributed by atoms with Crippen LogP contribution in [0, 0.1) is 0 Å². The average molecular weight is 292 g/mol. The molecular formula is C15H24N4O2. The zero-order valence-corrected chi connectivity index (χ0v) is 13.0. The smallest absolute Gasteiger partial charge is 0.340 e. The minimum Gasteiger partial charge on any atom is -0.462 e. The van der Waals surface area contributed by atoms with E-state index in [-0.39, 0.29) is 0 Å². The van der Waals surface area contributed by atoms with Crippen LogP contribution in [-0.2, 0) is 4.74 Å². The number of carbonyl (C=O) groups excluding carboxylic acids is 1. The van der Waals surface area contributed by atoms with Gasteiger partial charge in [0.1, 0.15) is 5.82 Å². The van der Waals surface area contributed by atoms with Crippen molar-refractivity contribution in [1.82, 2.24) is 9.88 Å². The monoisotopic (exact) mass is 292 g/mol. The number of rotatable bonds is 3. The van der Waals surface area contributed by atoms with Crippen molar-refractivity contribution < 1.29 is 9.53 Å². The number of hydrogen-bond acceptors (Lipinski definition) is 6. The van der Waals surface area contributed by atoms with Gasteiger partial charge in [0.15, 0.2) is 0 Å². The molecule has 0 aliphatic carbocycles. The summed E-state index contributed by atoms with van der Waals surface area (Å²) in [5, 5.41) is 0. The maximum absolute atomic E-state index is 11.9. The Morgan fingerprint density at radius 3 is 3.00 bits per heavy atom. The lowest BCUT2D eigenvalue weighted by molar-refractivity contribution is 0.0527. The third-order valence-corrected chi connectivity index (χ3v) is 3.76. The normalized spacial score (nSPS) is 20.1. The van der Waals surface area contributed by atoms with Crippen LogP contribution in [0.25, 0.3) is 0 Å². The van der Waals surface area contributed by atoms with E-state index in [9.17, 15) is 4.79 Å². The first kappa shape index (κ1) is 15.6. The quantitative estimate of drug-likeness (QED) is 0.848. The first-order valence-corrected chi connectivity index (χ1v) is 7.40. The van der Waals surface area contributed by atoms with Gasteiger partial charge in [0.25, 0.3) is 0 Å². The van der Waals surface area contributed by atoms with Gasteiger partial charge in [0.2, 0.25) is 0 Å². The van der Waals surface area contributed by atoms with E-state index in [1.54, 1.807) is 19.2 Å². The lowest BCUT2D eigenvalue weighted by Crippen LogP contribution is -2.38. The minimum absolute atomic E-state index is 0.334. The molecule has 1 unspecified atom stereocenters. The number of hydrogen-bond donors (Lipinski definition) is 1. The average Bonchev–Trinajstić information content (AvgIpc) is 2.60. The Morgan fingerprint density at radius 1 is 1.52 bits per heavy atom. The van der Waals surface area contributed by atoms with E-state index < -0.39 is 5.97 Å². The molecule has 1 atom stereocenters. The molecule has 0 aromatic carbocycles. The molecule has 21 heavy (non-hydrogen) atoms. The predicted octanol–water partition coefficient (Wildman–Crippen LogP) is 1.37. The van der Waals surface area contributed by atoms with Gasteiger partial charge in [0.05, 0.1) is 24.1 Å². The van der Waals surface area contributed by atoms with Crippen molar-refractivity contribution in [3.8, 4) is 0 Å². The van der Waals surface area contributed by atoms with Gasteiger partial charge in [-0.05, 0) is 39.9 Å². The van der Waals surface area contributed by atoms with E-state index >= 15 is 0 Å². The molecule has 2 N–H and O–H groups in total. The number of nitrogens with zero attached hydrogens (tertiary/aromatic N) is 3. The molecule has 1 aromatic heterocycles. The van der Waals surface area contributed by atoms with Crippen molar-refractivity contribution in [2.24, 2.45) is 0 Å². The number of ether oxygens (including phenoxy) is 1. The second kappa shape index (κ2) is 6.76. The van der Waals surface area contributed by atoms with Crippen molar-refractivity contribution in [3.05, 3.63) is 17.8 Å². The Labute approximate surface area is 125 Å². The number of nitrogens with two attached hydrogens (primary N) is 1. The summed E-state index contributed by atoms with van der Waals surface area (Å²) in [6, 6.07) is 2.08. The molecule has 0 spiro atoms. The molecule has 6 nitrogen and oxygen atoms in total. The van der Waals surface area contributed by atoms with E-state index in [0.717, 1.165) is 31.9 Å². The van der Waals surface area contributed by atoms with Gasteiger partial charge in [-0.15, -0.1) is 0 Å². The Balaban J connectivity index is 2.27. The van der Waals surface area contributed by atoms with Gasteiger partial charge < -0.3 is 20.3 Å². The lowest BCUT2D eigenvalue weighted by atomic mass is 10.2. The number of carbonyl (C=O) groups is 1. The SMILES string of the molecule is CCOC(=O)c1cc(N2CCCN(C)CC2C)ncc1N. The summed E-state index contributed by atoms with van der Waals surface area (Å²) in [4.78, 5) is 20.9. The van der Waals surface area contributed by atoms with Gasteiger partial charge in [0, 0.05) is 19.1 Å². The van der Waals surface area contributed by atoms with Crippen molar-refractivity contribution in [1.29, 1.82) is 0 Å². The first-order valence-electron chi connectivity index (χ1n) is 7.40. The van der Waals surface area contributed by atoms with E-state index in [1.807, 2.05) is 0 Å². The fourth-order valence-electron chi connectivity index (χ4n) is 2.71. The van der Waals surface area contributed by atoms with Crippen molar-refractivity contribution in [3.63, 3.8) is 0 Å². The molecule has 2 rings (SSSR count). The van der Waals surface area contributed by atoms with Crippen LogP contribution in [0.4, 0.5) is 11.5 Å². The van der Waals surface area contributed by atoms with E-state index in [0.29, 0.717) is 23.9 Å². The largest absolute Gasteiger partial charge is 0.462 e. The molecular weight excluding hydrogens is 268 g/mol. The van der Waals surface area contributed by atoms with Crippen molar-refractivity contribution in [2.45, 2.75) is 26.3 Å². The second-order valence-corrected chi connectivity index (χ2v) is 5.51. The fraction of sp³-hybridized carbons (Fsp3) is 0.600. The van der Waals surface area contributed by atoms with Crippen LogP contribution in [0.1, 0.15) is 30.6 Å². The molecule has 2 heterocycles. The first-order chi connectivity index (χ1) is 10.0. The molecule has 0 amide bonds. The summed E-state index contributed by atoms with van der Waals surface area (Å²) in [7, 11) is 2.13. The molecule has 0 radical (unpaired) electrons. The summed E-state index contributed by atoms with van der Waals surface area (Å²) < 4.78 is 5.05. The topological polar surface area (TPSA) is 71.7 Å². The highest BCUT2D eigenvalue weighted by molar-refractivity contribution is 5.95. The molecule has 1 aromatic rings. The van der Waals surface area contributed by atoms with Crippen molar-refractivity contribution in [2.75, 3.05) is 43.9 Å². The van der Waals surface area contributed by atoms with Crippen LogP contribution in [0.2, 0.25) is 0 Å². The number of esters is 1. The fourth-order valence-corrected chi connectivity index (χ4v) is 2.71. The highest BCUT2D eigenvalue weighted by Gasteiger charge is 2.22. The summed E-state index contributed by atoms with van der Waals surface area (Å²) >= 11 is 0. The standard InChI is InChI=1S/C15H24N4O2/c1-4-21-15(20)12-8-14(17-9-13(12)16)19-7-5-6-18(3)10-11(19)2/h8-9,11H,4-7,10,16H2,1-3H3. The number of anilines is 2. The van der Waals surface area contributed by atoms with Crippen LogP contribution in [-0.4, -0.2) is 55.2 Å². The highest BCUT2D eigenvalue weighted by atomic mass is 16.5. The zero-order chi connectivity index (χ0) is 15.4. The third kappa shape index (κ3) is 3.64. The summed E-state index contributed by atoms with van der Waals surface area (Å²) in [5.74, 6) is 0.397. The van der Waals surface area contributed by atoms with Crippen LogP contribution in [0.5, 0.6) is 0 Å². The van der Waals surface area contributed by atoms with Gasteiger partial charge in [-0.2, -0.15) is 0 Å². The van der Waals surface area contributed by atoms with Crippen LogP contribution in [0.3, 0.4) is 0 Å². The Bertz CT molecular complexity index is 506. The van der Waals surface area contributed by atoms with E-state index in [2.05, 4.69) is 28.8 Å². The molecule has 0 bridgehead atoms. The minimum atomic E-state index is -0.391. The van der Waals surface area contributed by atoms with E-state index in [4.69, 9.17) is 10.5 Å². The van der Waals surface area contributed by atoms with Gasteiger partial charge >= 0.3 is 5.97 Å². The van der Waals surface area contributed by atoms with Crippen LogP contribution in [0.15, 0.2) is 12.3 Å². The number of nitrogen functional groups attached to an aromatic ring is 1. The van der Waals surface area contributed by atoms with Gasteiger partial charge in [-0.25, -0.2) is 9.78 Å². The molecule has 1 aliphatic rings. The summed E-state index contributed by atoms with van der Waals surface area (Å²) in [6.07, 6.45) is 2.62. The number of aromatic nitrogens is 1. The molecule has 0 saturated carbocycles. The zero-order valence-electron chi connectivity index (χ0n) is 13.0. The molecule has 1 fully saturated rings. The molecule has 6 heteroatoms. The molecule has 1 aliphatic heterocycles. The van der Waals surface area contributed by atoms with Crippen molar-refractivity contribution >= 4 is 17.5 Å². The van der Waals surface area contributed by atoms with Gasteiger partial charge in [-0.1, -0.05) is 0 Å². The highest BCUT2D eigenvalue weighted by Crippen LogP contribution is 2.22. The van der Waals surface area contributed by atoms with Crippen LogP contribution >= 0.6 is 0 Å².